The van der Waals surface area contributed by atoms with Gasteiger partial charge in [-0.1, -0.05) is 12.1 Å². The van der Waals surface area contributed by atoms with Crippen molar-refractivity contribution in [2.75, 3.05) is 19.8 Å². The normalized spacial score (nSPS) is 23.6. The van der Waals surface area contributed by atoms with Crippen molar-refractivity contribution in [3.8, 4) is 5.75 Å². The molecule has 1 saturated heterocycles. The Bertz CT molecular complexity index is 422. The molecule has 0 aliphatic carbocycles. The first kappa shape index (κ1) is 15.1. The van der Waals surface area contributed by atoms with Crippen molar-refractivity contribution >= 4 is 0 Å². The second-order valence-corrected chi connectivity index (χ2v) is 5.18. The van der Waals surface area contributed by atoms with Gasteiger partial charge >= 0.3 is 6.36 Å². The molecule has 1 aromatic rings. The van der Waals surface area contributed by atoms with Crippen LogP contribution in [-0.4, -0.2) is 31.3 Å². The van der Waals surface area contributed by atoms with E-state index in [1.54, 1.807) is 12.1 Å². The second-order valence-electron chi connectivity index (χ2n) is 5.18. The zero-order valence-corrected chi connectivity index (χ0v) is 10.9. The molecule has 1 aliphatic rings. The van der Waals surface area contributed by atoms with E-state index < -0.39 is 6.36 Å². The Kier molecular flexibility index (Phi) is 4.55. The fraction of sp³-hybridized carbons (Fsp3) is 0.571. The monoisotopic (exact) mass is 290 g/mol. The molecule has 1 atom stereocenters. The molecule has 1 aliphatic heterocycles. The molecule has 112 valence electrons. The lowest BCUT2D eigenvalue weighted by atomic mass is 9.78. The van der Waals surface area contributed by atoms with E-state index in [0.717, 1.165) is 18.4 Å². The van der Waals surface area contributed by atoms with Crippen molar-refractivity contribution < 1.29 is 27.8 Å². The Morgan fingerprint density at radius 3 is 2.45 bits per heavy atom. The number of alkyl halides is 3. The lowest BCUT2D eigenvalue weighted by molar-refractivity contribution is -0.274. The summed E-state index contributed by atoms with van der Waals surface area (Å²) in [6, 6.07) is 5.76. The van der Waals surface area contributed by atoms with Crippen LogP contribution in [0.1, 0.15) is 18.4 Å². The van der Waals surface area contributed by atoms with Gasteiger partial charge in [-0.15, -0.1) is 13.2 Å². The van der Waals surface area contributed by atoms with Crippen LogP contribution in [0.2, 0.25) is 0 Å². The van der Waals surface area contributed by atoms with Crippen LogP contribution in [0.4, 0.5) is 13.2 Å². The van der Waals surface area contributed by atoms with E-state index in [2.05, 4.69) is 4.74 Å². The largest absolute Gasteiger partial charge is 0.573 e. The molecule has 1 aromatic carbocycles. The number of halogens is 3. The molecule has 1 heterocycles. The number of ether oxygens (including phenoxy) is 2. The Balaban J connectivity index is 2.02. The lowest BCUT2D eigenvalue weighted by Crippen LogP contribution is -2.37. The Morgan fingerprint density at radius 1 is 1.25 bits per heavy atom. The Morgan fingerprint density at radius 2 is 1.95 bits per heavy atom. The molecule has 0 saturated carbocycles. The van der Waals surface area contributed by atoms with Gasteiger partial charge in [0, 0.05) is 12.0 Å². The second kappa shape index (κ2) is 6.01. The maximum absolute atomic E-state index is 12.1. The van der Waals surface area contributed by atoms with E-state index >= 15 is 0 Å². The quantitative estimate of drug-likeness (QED) is 0.926. The van der Waals surface area contributed by atoms with Gasteiger partial charge in [0.25, 0.3) is 0 Å². The van der Waals surface area contributed by atoms with Crippen LogP contribution in [0.25, 0.3) is 0 Å². The van der Waals surface area contributed by atoms with Gasteiger partial charge in [-0.25, -0.2) is 0 Å². The number of hydrogen-bond acceptors (Lipinski definition) is 3. The van der Waals surface area contributed by atoms with Crippen molar-refractivity contribution in [1.29, 1.82) is 0 Å². The van der Waals surface area contributed by atoms with Gasteiger partial charge in [-0.2, -0.15) is 0 Å². The summed E-state index contributed by atoms with van der Waals surface area (Å²) >= 11 is 0. The molecule has 2 rings (SSSR count). The summed E-state index contributed by atoms with van der Waals surface area (Å²) in [5.74, 6) is -0.237. The minimum atomic E-state index is -4.68. The molecule has 1 fully saturated rings. The van der Waals surface area contributed by atoms with Crippen molar-refractivity contribution in [1.82, 2.24) is 0 Å². The van der Waals surface area contributed by atoms with Crippen LogP contribution in [-0.2, 0) is 11.2 Å². The summed E-state index contributed by atoms with van der Waals surface area (Å²) < 4.78 is 45.4. The van der Waals surface area contributed by atoms with Crippen molar-refractivity contribution in [2.45, 2.75) is 25.6 Å². The smallest absolute Gasteiger partial charge is 0.406 e. The van der Waals surface area contributed by atoms with E-state index in [9.17, 15) is 18.3 Å². The van der Waals surface area contributed by atoms with Gasteiger partial charge in [0.1, 0.15) is 5.75 Å². The average molecular weight is 290 g/mol. The first-order chi connectivity index (χ1) is 9.42. The zero-order chi connectivity index (χ0) is 14.6. The predicted molar refractivity (Wildman–Crippen MR) is 66.4 cm³/mol. The lowest BCUT2D eigenvalue weighted by Gasteiger charge is -2.35. The van der Waals surface area contributed by atoms with Gasteiger partial charge in [0.2, 0.25) is 0 Å². The molecule has 0 amide bonds. The fourth-order valence-electron chi connectivity index (χ4n) is 2.47. The third kappa shape index (κ3) is 4.11. The fourth-order valence-corrected chi connectivity index (χ4v) is 2.47. The molecule has 0 spiro atoms. The predicted octanol–water partition coefficient (Wildman–Crippen LogP) is 2.92. The minimum absolute atomic E-state index is 0.00774. The number of benzene rings is 1. The van der Waals surface area contributed by atoms with Crippen molar-refractivity contribution in [3.63, 3.8) is 0 Å². The van der Waals surface area contributed by atoms with Crippen LogP contribution in [0.5, 0.6) is 5.75 Å². The molecule has 1 unspecified atom stereocenters. The summed E-state index contributed by atoms with van der Waals surface area (Å²) in [4.78, 5) is 0. The summed E-state index contributed by atoms with van der Waals surface area (Å²) in [5, 5.41) is 9.56. The first-order valence-corrected chi connectivity index (χ1v) is 6.46. The van der Waals surface area contributed by atoms with E-state index in [-0.39, 0.29) is 17.8 Å². The molecular weight excluding hydrogens is 273 g/mol. The van der Waals surface area contributed by atoms with Crippen molar-refractivity contribution in [2.24, 2.45) is 5.41 Å². The molecule has 0 bridgehead atoms. The zero-order valence-electron chi connectivity index (χ0n) is 10.9. The van der Waals surface area contributed by atoms with E-state index in [0.29, 0.717) is 19.6 Å². The summed E-state index contributed by atoms with van der Waals surface area (Å²) in [6.45, 7) is 1.18. The van der Waals surface area contributed by atoms with Crippen LogP contribution < -0.4 is 4.74 Å². The topological polar surface area (TPSA) is 38.7 Å². The van der Waals surface area contributed by atoms with Gasteiger partial charge in [-0.3, -0.25) is 0 Å². The Labute approximate surface area is 115 Å². The summed E-state index contributed by atoms with van der Waals surface area (Å²) in [7, 11) is 0. The van der Waals surface area contributed by atoms with Gasteiger partial charge in [-0.05, 0) is 37.0 Å². The van der Waals surface area contributed by atoms with Crippen LogP contribution in [0, 0.1) is 5.41 Å². The maximum atomic E-state index is 12.1. The Hall–Kier alpha value is -1.27. The third-order valence-corrected chi connectivity index (χ3v) is 3.48. The van der Waals surface area contributed by atoms with Crippen LogP contribution in [0.15, 0.2) is 24.3 Å². The van der Waals surface area contributed by atoms with Gasteiger partial charge < -0.3 is 14.6 Å². The average Bonchev–Trinajstić information content (AvgIpc) is 2.40. The molecule has 1 N–H and O–H groups in total. The summed E-state index contributed by atoms with van der Waals surface area (Å²) in [6.07, 6.45) is -2.36. The molecule has 0 aromatic heterocycles. The standard InChI is InChI=1S/C14H17F3O3/c15-14(16,17)20-12-4-2-11(3-5-12)8-13(9-18)6-1-7-19-10-13/h2-5,18H,1,6-10H2. The first-order valence-electron chi connectivity index (χ1n) is 6.46. The third-order valence-electron chi connectivity index (χ3n) is 3.48. The van der Waals surface area contributed by atoms with Gasteiger partial charge in [0.15, 0.2) is 0 Å². The number of aliphatic hydroxyl groups excluding tert-OH is 1. The number of aliphatic hydroxyl groups is 1. The van der Waals surface area contributed by atoms with Crippen LogP contribution >= 0.6 is 0 Å². The van der Waals surface area contributed by atoms with Crippen LogP contribution in [0.3, 0.4) is 0 Å². The summed E-state index contributed by atoms with van der Waals surface area (Å²) in [5.41, 5.74) is 0.532. The van der Waals surface area contributed by atoms with Crippen molar-refractivity contribution in [3.05, 3.63) is 29.8 Å². The van der Waals surface area contributed by atoms with Gasteiger partial charge in [0.05, 0.1) is 13.2 Å². The minimum Gasteiger partial charge on any atom is -0.406 e. The number of rotatable bonds is 4. The number of hydrogen-bond donors (Lipinski definition) is 1. The maximum Gasteiger partial charge on any atom is 0.573 e. The highest BCUT2D eigenvalue weighted by atomic mass is 19.4. The molecular formula is C14H17F3O3. The highest BCUT2D eigenvalue weighted by Crippen LogP contribution is 2.33. The molecule has 20 heavy (non-hydrogen) atoms. The van der Waals surface area contributed by atoms with E-state index in [4.69, 9.17) is 4.74 Å². The van der Waals surface area contributed by atoms with E-state index in [1.165, 1.54) is 12.1 Å². The van der Waals surface area contributed by atoms with E-state index in [1.807, 2.05) is 0 Å². The molecule has 3 nitrogen and oxygen atoms in total. The molecule has 6 heteroatoms. The highest BCUT2D eigenvalue weighted by molar-refractivity contribution is 5.28. The highest BCUT2D eigenvalue weighted by Gasteiger charge is 2.33. The molecule has 0 radical (unpaired) electrons. The SMILES string of the molecule is OCC1(Cc2ccc(OC(F)(F)F)cc2)CCCOC1.